The Kier molecular flexibility index (Phi) is 25.0. The molecular formula is H9CoNO16S4. The van der Waals surface area contributed by atoms with Crippen molar-refractivity contribution in [3.63, 3.8) is 0 Å². The van der Waals surface area contributed by atoms with Gasteiger partial charge >= 0.3 is 37.6 Å². The molecular weight excluding hydrogens is 457 g/mol. The predicted molar refractivity (Wildman–Crippen MR) is 57.1 cm³/mol. The number of rotatable bonds is 0. The van der Waals surface area contributed by atoms with Gasteiger partial charge in [-0.25, -0.2) is 8.42 Å². The van der Waals surface area contributed by atoms with Crippen LogP contribution in [0.2, 0.25) is 0 Å². The van der Waals surface area contributed by atoms with Gasteiger partial charge in [0.2, 0.25) is 10.4 Å². The monoisotopic (exact) mass is 466 g/mol. The van der Waals surface area contributed by atoms with Crippen molar-refractivity contribution in [1.29, 1.82) is 0 Å². The van der Waals surface area contributed by atoms with E-state index < -0.39 is 41.6 Å². The van der Waals surface area contributed by atoms with Gasteiger partial charge in [0.05, 0.1) is 0 Å². The molecule has 22 heteroatoms. The van der Waals surface area contributed by atoms with Crippen LogP contribution >= 0.6 is 0 Å². The maximum absolute atomic E-state index is 8.74. The second-order valence-electron chi connectivity index (χ2n) is 1.73. The normalized spacial score (nSPS) is 10.5. The summed E-state index contributed by atoms with van der Waals surface area (Å²) < 4.78 is 130. The first-order valence-corrected chi connectivity index (χ1v) is 8.24. The molecule has 0 aliphatic rings. The molecule has 0 aliphatic carbocycles. The Hall–Kier alpha value is -0.0535. The molecule has 0 heterocycles. The molecule has 0 spiro atoms. The van der Waals surface area contributed by atoms with E-state index in [1.54, 1.807) is 0 Å². The van der Waals surface area contributed by atoms with Crippen LogP contribution in [0.4, 0.5) is 0 Å². The Morgan fingerprint density at radius 2 is 0.545 bits per heavy atom. The molecule has 0 aromatic carbocycles. The fourth-order valence-corrected chi connectivity index (χ4v) is 0. The van der Waals surface area contributed by atoms with Crippen LogP contribution in [0, 0.1) is 0 Å². The number of hydrogen-bond donors (Lipinski definition) is 6. The first-order valence-electron chi connectivity index (χ1n) is 2.75. The van der Waals surface area contributed by atoms with Crippen LogP contribution in [0.1, 0.15) is 0 Å². The van der Waals surface area contributed by atoms with Crippen LogP contribution in [0.3, 0.4) is 0 Å². The van der Waals surface area contributed by atoms with E-state index in [9.17, 15) is 0 Å². The molecule has 0 fully saturated rings. The van der Waals surface area contributed by atoms with E-state index >= 15 is 0 Å². The largest absolute Gasteiger partial charge is 2.00 e. The van der Waals surface area contributed by atoms with Gasteiger partial charge in [-0.2, -0.15) is 16.8 Å². The fourth-order valence-electron chi connectivity index (χ4n) is 0. The minimum atomic E-state index is -5.17. The van der Waals surface area contributed by atoms with Gasteiger partial charge in [0.1, 0.15) is 0 Å². The molecule has 22 heavy (non-hydrogen) atoms. The average Bonchev–Trinajstić information content (AvgIpc) is 1.62. The van der Waals surface area contributed by atoms with Crippen molar-refractivity contribution in [1.82, 2.24) is 6.15 Å². The summed E-state index contributed by atoms with van der Waals surface area (Å²) in [5.74, 6) is 0. The van der Waals surface area contributed by atoms with Crippen molar-refractivity contribution in [2.24, 2.45) is 0 Å². The van der Waals surface area contributed by atoms with Crippen LogP contribution in [0.25, 0.3) is 0 Å². The summed E-state index contributed by atoms with van der Waals surface area (Å²) in [6, 6.07) is 0. The number of hydrogen-bond acceptors (Lipinski definition) is 11. The average molecular weight is 466 g/mol. The van der Waals surface area contributed by atoms with E-state index in [1.165, 1.54) is 0 Å². The summed E-state index contributed by atoms with van der Waals surface area (Å²) in [7, 11) is -19.4. The maximum atomic E-state index is 8.74. The van der Waals surface area contributed by atoms with E-state index in [-0.39, 0.29) is 22.9 Å². The topological polar surface area (TPSA) is 343 Å². The third-order valence-electron chi connectivity index (χ3n) is 0. The van der Waals surface area contributed by atoms with Gasteiger partial charge < -0.3 is 19.8 Å². The van der Waals surface area contributed by atoms with Crippen molar-refractivity contribution in [2.45, 2.75) is 0 Å². The summed E-state index contributed by atoms with van der Waals surface area (Å²) >= 11 is 0. The molecule has 0 atom stereocenters. The third kappa shape index (κ3) is 2500000. The molecule has 0 bridgehead atoms. The van der Waals surface area contributed by atoms with Crippen LogP contribution in [-0.4, -0.2) is 70.1 Å². The zero-order valence-electron chi connectivity index (χ0n) is 9.69. The van der Waals surface area contributed by atoms with Gasteiger partial charge in [-0.1, -0.05) is 0 Å². The summed E-state index contributed by atoms with van der Waals surface area (Å²) in [5, 5.41) is 0. The fraction of sp³-hybridized carbons (Fsp3) is 0. The zero-order chi connectivity index (χ0) is 18.0. The maximum Gasteiger partial charge on any atom is 2.00 e. The van der Waals surface area contributed by atoms with E-state index in [0.717, 1.165) is 0 Å². The van der Waals surface area contributed by atoms with E-state index in [4.69, 9.17) is 70.1 Å². The molecule has 143 valence electrons. The first-order chi connectivity index (χ1) is 8.00. The summed E-state index contributed by atoms with van der Waals surface area (Å²) in [6.07, 6.45) is 0. The van der Waals surface area contributed by atoms with Gasteiger partial charge in [-0.05, 0) is 0 Å². The predicted octanol–water partition coefficient (Wildman–Crippen LogP) is -3.27. The van der Waals surface area contributed by atoms with Crippen LogP contribution in [0.15, 0.2) is 0 Å². The molecule has 0 saturated heterocycles. The van der Waals surface area contributed by atoms with Crippen molar-refractivity contribution in [2.75, 3.05) is 0 Å². The van der Waals surface area contributed by atoms with Crippen molar-refractivity contribution in [3.05, 3.63) is 0 Å². The Balaban J connectivity index is -0.0000000376. The standard InChI is InChI=1S/Co.H3N.4H2O4S/c;;4*1-5(2,3)4/h;1H3;4*(H2,1,2,3,4)/q+2;;;;;/p-2. The zero-order valence-corrected chi connectivity index (χ0v) is 14.0. The summed E-state index contributed by atoms with van der Waals surface area (Å²) in [6.45, 7) is 0. The van der Waals surface area contributed by atoms with Gasteiger partial charge in [-0.3, -0.25) is 31.2 Å². The molecule has 0 aliphatic heterocycles. The quantitative estimate of drug-likeness (QED) is 0.150. The Morgan fingerprint density at radius 1 is 0.545 bits per heavy atom. The van der Waals surface area contributed by atoms with Gasteiger partial charge in [0.25, 0.3) is 0 Å². The molecule has 0 unspecified atom stereocenters. The molecule has 1 radical (unpaired) electrons. The third-order valence-corrected chi connectivity index (χ3v) is 0. The van der Waals surface area contributed by atoms with Gasteiger partial charge in [0, 0.05) is 10.4 Å². The van der Waals surface area contributed by atoms with E-state index in [1.807, 2.05) is 0 Å². The van der Waals surface area contributed by atoms with Gasteiger partial charge in [-0.15, -0.1) is 0 Å². The molecule has 0 aromatic rings. The van der Waals surface area contributed by atoms with Crippen LogP contribution in [0.5, 0.6) is 0 Å². The summed E-state index contributed by atoms with van der Waals surface area (Å²) in [4.78, 5) is 0. The van der Waals surface area contributed by atoms with Crippen LogP contribution < -0.4 is 6.15 Å². The van der Waals surface area contributed by atoms with Crippen molar-refractivity contribution >= 4 is 41.6 Å². The molecule has 0 saturated carbocycles. The minimum Gasteiger partial charge on any atom is -0.759 e. The molecule has 17 nitrogen and oxygen atoms in total. The smallest absolute Gasteiger partial charge is 0.759 e. The minimum absolute atomic E-state index is 0. The Bertz CT molecular complexity index is 479. The Labute approximate surface area is 134 Å². The van der Waals surface area contributed by atoms with Crippen molar-refractivity contribution < 1.29 is 86.9 Å². The summed E-state index contributed by atoms with van der Waals surface area (Å²) in [5.41, 5.74) is 0. The van der Waals surface area contributed by atoms with E-state index in [2.05, 4.69) is 0 Å². The molecule has 9 N–H and O–H groups in total. The molecule has 0 amide bonds. The molecule has 0 aromatic heterocycles. The Morgan fingerprint density at radius 3 is 0.545 bits per heavy atom. The molecule has 0 rings (SSSR count). The SMILES string of the molecule is O=S(=O)(O)O.O=S(=O)(O)O.O=S(=O)([O-])O.O=S(=O)([O-])[O-].[Co+2].[NH4+]. The second-order valence-corrected chi connectivity index (χ2v) is 5.19. The first kappa shape index (κ1) is 37.9. The van der Waals surface area contributed by atoms with Gasteiger partial charge in [0.15, 0.2) is 0 Å². The second kappa shape index (κ2) is 14.5. The van der Waals surface area contributed by atoms with E-state index in [0.29, 0.717) is 0 Å². The number of quaternary nitrogens is 1. The van der Waals surface area contributed by atoms with Crippen LogP contribution in [-0.2, 0) is 58.4 Å². The van der Waals surface area contributed by atoms with Crippen molar-refractivity contribution in [3.8, 4) is 0 Å².